The number of hydrogen-bond donors (Lipinski definition) is 3. The molecule has 45 heavy (non-hydrogen) atoms. The number of likely N-dealkylation sites (tertiary alicyclic amines) is 1. The molecule has 0 aromatic heterocycles. The van der Waals surface area contributed by atoms with Gasteiger partial charge in [-0.15, -0.1) is 0 Å². The normalized spacial score (nSPS) is 50.7. The van der Waals surface area contributed by atoms with E-state index in [-0.39, 0.29) is 25.0 Å². The number of carbonyl (C=O) groups is 2. The molecule has 7 bridgehead atoms. The van der Waals surface area contributed by atoms with Crippen LogP contribution in [0.5, 0.6) is 0 Å². The molecule has 12 heteroatoms. The molecule has 1 aromatic rings. The summed E-state index contributed by atoms with van der Waals surface area (Å²) in [5.74, 6) is -3.66. The molecule has 1 heterocycles. The van der Waals surface area contributed by atoms with Crippen molar-refractivity contribution in [1.29, 1.82) is 0 Å². The Morgan fingerprint density at radius 1 is 1.00 bits per heavy atom. The molecule has 6 aliphatic rings. The van der Waals surface area contributed by atoms with Crippen LogP contribution in [0.15, 0.2) is 30.3 Å². The Morgan fingerprint density at radius 2 is 1.71 bits per heavy atom. The van der Waals surface area contributed by atoms with Gasteiger partial charge in [0.2, 0.25) is 0 Å². The van der Waals surface area contributed by atoms with Crippen molar-refractivity contribution in [2.75, 3.05) is 48.6 Å². The number of nitrogens with zero attached hydrogens (tertiary/aromatic N) is 1. The zero-order chi connectivity index (χ0) is 32.3. The third-order valence-corrected chi connectivity index (χ3v) is 12.9. The predicted molar refractivity (Wildman–Crippen MR) is 156 cm³/mol. The highest BCUT2D eigenvalue weighted by Gasteiger charge is 2.92. The highest BCUT2D eigenvalue weighted by Crippen LogP contribution is 2.80. The molecule has 6 fully saturated rings. The van der Waals surface area contributed by atoms with Crippen LogP contribution in [0.25, 0.3) is 0 Å². The van der Waals surface area contributed by atoms with E-state index in [0.29, 0.717) is 18.5 Å². The molecule has 7 rings (SSSR count). The largest absolute Gasteiger partial charge is 0.455 e. The topological polar surface area (TPSA) is 153 Å². The average molecular weight is 632 g/mol. The highest BCUT2D eigenvalue weighted by atomic mass is 16.6. The van der Waals surface area contributed by atoms with E-state index in [4.69, 9.17) is 28.4 Å². The van der Waals surface area contributed by atoms with E-state index in [2.05, 4.69) is 4.90 Å². The Kier molecular flexibility index (Phi) is 7.28. The summed E-state index contributed by atoms with van der Waals surface area (Å²) in [5, 5.41) is 37.0. The maximum absolute atomic E-state index is 13.7. The molecule has 0 unspecified atom stereocenters. The number of piperidine rings is 1. The number of methoxy groups -OCH3 is 4. The molecule has 1 aliphatic heterocycles. The van der Waals surface area contributed by atoms with Crippen molar-refractivity contribution in [1.82, 2.24) is 4.90 Å². The molecular formula is C33H45NO11. The van der Waals surface area contributed by atoms with Crippen LogP contribution in [0.3, 0.4) is 0 Å². The number of fused-ring (bicyclic) bond motifs is 2. The molecule has 5 aliphatic carbocycles. The Hall–Kier alpha value is -2.16. The zero-order valence-electron chi connectivity index (χ0n) is 26.6. The minimum Gasteiger partial charge on any atom is -0.455 e. The molecule has 1 spiro atoms. The number of aliphatic hydroxyl groups excluding tert-OH is 2. The maximum Gasteiger partial charge on any atom is 0.338 e. The van der Waals surface area contributed by atoms with Gasteiger partial charge in [-0.2, -0.15) is 0 Å². The van der Waals surface area contributed by atoms with Gasteiger partial charge in [0.05, 0.1) is 30.5 Å². The van der Waals surface area contributed by atoms with Crippen LogP contribution in [0.1, 0.15) is 30.1 Å². The van der Waals surface area contributed by atoms with Crippen molar-refractivity contribution >= 4 is 11.9 Å². The number of esters is 2. The van der Waals surface area contributed by atoms with Crippen molar-refractivity contribution in [3.63, 3.8) is 0 Å². The fraction of sp³-hybridized carbons (Fsp3) is 0.758. The quantitative estimate of drug-likeness (QED) is 0.337. The third kappa shape index (κ3) is 3.55. The summed E-state index contributed by atoms with van der Waals surface area (Å²) in [6.45, 7) is 2.00. The number of hydrogen-bond acceptors (Lipinski definition) is 12. The summed E-state index contributed by atoms with van der Waals surface area (Å²) in [6.07, 6.45) is -5.50. The third-order valence-electron chi connectivity index (χ3n) is 12.9. The van der Waals surface area contributed by atoms with Gasteiger partial charge in [-0.3, -0.25) is 4.79 Å². The van der Waals surface area contributed by atoms with Gasteiger partial charge in [0.25, 0.3) is 0 Å². The summed E-state index contributed by atoms with van der Waals surface area (Å²) < 4.78 is 37.2. The van der Waals surface area contributed by atoms with Crippen molar-refractivity contribution < 1.29 is 53.3 Å². The van der Waals surface area contributed by atoms with E-state index >= 15 is 0 Å². The first-order valence-corrected chi connectivity index (χ1v) is 15.8. The summed E-state index contributed by atoms with van der Waals surface area (Å²) in [4.78, 5) is 29.1. The summed E-state index contributed by atoms with van der Waals surface area (Å²) in [5.41, 5.74) is -4.79. The van der Waals surface area contributed by atoms with Crippen LogP contribution in [0.4, 0.5) is 0 Å². The van der Waals surface area contributed by atoms with Crippen molar-refractivity contribution in [2.24, 2.45) is 34.5 Å². The van der Waals surface area contributed by atoms with Crippen LogP contribution in [-0.2, 0) is 33.2 Å². The molecule has 3 N–H and O–H groups in total. The first-order chi connectivity index (χ1) is 21.4. The standard InChI is InChI=1S/C33H45NO11/c1-16(35)45-33-21-18(13-31(39,28(43-6)26(33)37)27(21)44-29(38)17-10-8-7-9-11-17)32-20(41-4)12-19(36)30(15-40-3)14-34(2)25(32)22(33)23(42-5)24(30)32/h7-11,18-28,36-37,39H,12-15H2,1-6H3/t18-,19-,20-,21-,22+,23+,24-,25-,26+,27-,28+,30+,31-,32+,33-/m1/s1. The molecule has 5 saturated carbocycles. The lowest BCUT2D eigenvalue weighted by Crippen LogP contribution is -2.81. The Bertz CT molecular complexity index is 1350. The van der Waals surface area contributed by atoms with Gasteiger partial charge < -0.3 is 48.6 Å². The second-order valence-corrected chi connectivity index (χ2v) is 14.3. The molecular weight excluding hydrogens is 586 g/mol. The van der Waals surface area contributed by atoms with Gasteiger partial charge in [-0.1, -0.05) is 18.2 Å². The highest BCUT2D eigenvalue weighted by molar-refractivity contribution is 5.89. The van der Waals surface area contributed by atoms with Gasteiger partial charge in [-0.05, 0) is 31.5 Å². The second kappa shape index (κ2) is 10.4. The minimum absolute atomic E-state index is 0.0754. The zero-order valence-corrected chi connectivity index (χ0v) is 26.6. The Morgan fingerprint density at radius 3 is 2.31 bits per heavy atom. The average Bonchev–Trinajstić information content (AvgIpc) is 3.40. The van der Waals surface area contributed by atoms with Gasteiger partial charge >= 0.3 is 11.9 Å². The van der Waals surface area contributed by atoms with E-state index < -0.39 is 88.3 Å². The summed E-state index contributed by atoms with van der Waals surface area (Å²) >= 11 is 0. The van der Waals surface area contributed by atoms with Gasteiger partial charge in [0.15, 0.2) is 5.60 Å². The Balaban J connectivity index is 1.52. The van der Waals surface area contributed by atoms with Crippen LogP contribution in [0.2, 0.25) is 0 Å². The molecule has 15 atom stereocenters. The number of benzene rings is 1. The van der Waals surface area contributed by atoms with Crippen LogP contribution >= 0.6 is 0 Å². The van der Waals surface area contributed by atoms with E-state index in [0.717, 1.165) is 0 Å². The summed E-state index contributed by atoms with van der Waals surface area (Å²) in [7, 11) is 8.20. The van der Waals surface area contributed by atoms with Crippen LogP contribution in [0, 0.1) is 34.5 Å². The molecule has 0 radical (unpaired) electrons. The lowest BCUT2D eigenvalue weighted by Gasteiger charge is -2.70. The number of rotatable bonds is 8. The SMILES string of the molecule is COC[C@]12CN(C)[C@@H]3[C@@H]4[C@H](OC)[C@H]1[C@]3([C@@H]1C[C@@]3(O)[C@H](OC(=O)c5ccccc5)[C@@H]1[C@]4(OC(C)=O)[C@@H](O)[C@@H]3OC)[C@H](OC)C[C@H]2O. The number of aliphatic hydroxyl groups is 3. The second-order valence-electron chi connectivity index (χ2n) is 14.3. The van der Waals surface area contributed by atoms with E-state index in [1.807, 2.05) is 7.05 Å². The lowest BCUT2D eigenvalue weighted by atomic mass is 9.42. The van der Waals surface area contributed by atoms with Crippen molar-refractivity contribution in [2.45, 2.75) is 73.6 Å². The summed E-state index contributed by atoms with van der Waals surface area (Å²) in [6, 6.07) is 8.15. The predicted octanol–water partition coefficient (Wildman–Crippen LogP) is 0.258. The fourth-order valence-electron chi connectivity index (χ4n) is 12.2. The fourth-order valence-corrected chi connectivity index (χ4v) is 12.2. The van der Waals surface area contributed by atoms with Gasteiger partial charge in [0, 0.05) is 83.0 Å². The smallest absolute Gasteiger partial charge is 0.338 e. The van der Waals surface area contributed by atoms with E-state index in [9.17, 15) is 24.9 Å². The maximum atomic E-state index is 13.7. The number of ether oxygens (including phenoxy) is 6. The van der Waals surface area contributed by atoms with Crippen molar-refractivity contribution in [3.05, 3.63) is 35.9 Å². The first kappa shape index (κ1) is 31.4. The monoisotopic (exact) mass is 631 g/mol. The first-order valence-electron chi connectivity index (χ1n) is 15.8. The van der Waals surface area contributed by atoms with E-state index in [1.54, 1.807) is 51.7 Å². The lowest BCUT2D eigenvalue weighted by molar-refractivity contribution is -0.321. The van der Waals surface area contributed by atoms with Crippen LogP contribution in [-0.4, -0.2) is 135 Å². The minimum atomic E-state index is -1.83. The van der Waals surface area contributed by atoms with Crippen LogP contribution < -0.4 is 0 Å². The molecule has 248 valence electrons. The molecule has 1 aromatic carbocycles. The van der Waals surface area contributed by atoms with Gasteiger partial charge in [0.1, 0.15) is 23.9 Å². The Labute approximate surface area is 262 Å². The molecule has 1 saturated heterocycles. The molecule has 0 amide bonds. The molecule has 12 nitrogen and oxygen atoms in total. The van der Waals surface area contributed by atoms with E-state index in [1.165, 1.54) is 14.0 Å². The number of carbonyl (C=O) groups excluding carboxylic acids is 2. The van der Waals surface area contributed by atoms with Crippen molar-refractivity contribution in [3.8, 4) is 0 Å². The van der Waals surface area contributed by atoms with Gasteiger partial charge in [-0.25, -0.2) is 4.79 Å².